The van der Waals surface area contributed by atoms with Gasteiger partial charge in [0.15, 0.2) is 0 Å². The maximum atomic E-state index is 2.34. The molecule has 0 saturated carbocycles. The number of hydrogen-bond acceptors (Lipinski definition) is 0. The SMILES string of the molecule is CCCCCCCCC1=[C]([Zr+2])CC=C1.[Cl-].[Cl-]. The van der Waals surface area contributed by atoms with Gasteiger partial charge in [0, 0.05) is 0 Å². The fraction of sp³-hybridized carbons (Fsp3) is 0.692. The second-order valence-corrected chi connectivity index (χ2v) is 5.61. The number of allylic oxidation sites excluding steroid dienone is 4. The van der Waals surface area contributed by atoms with Crippen molar-refractivity contribution in [2.75, 3.05) is 0 Å². The molecule has 1 aliphatic carbocycles. The fourth-order valence-corrected chi connectivity index (χ4v) is 2.68. The van der Waals surface area contributed by atoms with Crippen molar-refractivity contribution in [2.45, 2.75) is 58.3 Å². The predicted octanol–water partition coefficient (Wildman–Crippen LogP) is -1.49. The summed E-state index contributed by atoms with van der Waals surface area (Å²) in [5.74, 6) is 0. The Morgan fingerprint density at radius 3 is 2.25 bits per heavy atom. The molecule has 0 radical (unpaired) electrons. The fourth-order valence-electron chi connectivity index (χ4n) is 1.88. The van der Waals surface area contributed by atoms with Crippen LogP contribution in [0.2, 0.25) is 0 Å². The first-order valence-corrected chi connectivity index (χ1v) is 7.17. The van der Waals surface area contributed by atoms with E-state index in [1.54, 1.807) is 33.6 Å². The van der Waals surface area contributed by atoms with Crippen LogP contribution in [0.15, 0.2) is 21.0 Å². The van der Waals surface area contributed by atoms with Gasteiger partial charge >= 0.3 is 104 Å². The van der Waals surface area contributed by atoms with Gasteiger partial charge in [-0.2, -0.15) is 0 Å². The molecule has 1 rings (SSSR count). The average Bonchev–Trinajstić information content (AvgIpc) is 2.58. The van der Waals surface area contributed by atoms with Gasteiger partial charge in [-0.1, -0.05) is 0 Å². The molecule has 0 aromatic rings. The van der Waals surface area contributed by atoms with Crippen LogP contribution >= 0.6 is 0 Å². The standard InChI is InChI=1S/C13H21.2ClH.Zr/c1-2-3-4-5-6-7-10-13-11-8-9-12-13;;;/h8,11H,2-7,9-10H2,1H3;2*1H;/q;;;+2/p-2. The molecule has 0 spiro atoms. The molecule has 0 bridgehead atoms. The van der Waals surface area contributed by atoms with Crippen LogP contribution in [0, 0.1) is 0 Å². The zero-order valence-corrected chi connectivity index (χ0v) is 14.0. The maximum absolute atomic E-state index is 2.34. The van der Waals surface area contributed by atoms with Gasteiger partial charge in [0.1, 0.15) is 0 Å². The molecular weight excluding hydrogens is 318 g/mol. The Bertz CT molecular complexity index is 222. The third kappa shape index (κ3) is 8.10. The molecule has 0 N–H and O–H groups in total. The third-order valence-corrected chi connectivity index (χ3v) is 4.12. The van der Waals surface area contributed by atoms with Crippen molar-refractivity contribution in [3.8, 4) is 0 Å². The van der Waals surface area contributed by atoms with E-state index in [-0.39, 0.29) is 24.8 Å². The van der Waals surface area contributed by atoms with E-state index in [9.17, 15) is 0 Å². The van der Waals surface area contributed by atoms with Crippen LogP contribution in [0.5, 0.6) is 0 Å². The van der Waals surface area contributed by atoms with Gasteiger partial charge in [0.2, 0.25) is 0 Å². The first-order valence-electron chi connectivity index (χ1n) is 5.94. The second kappa shape index (κ2) is 12.4. The van der Waals surface area contributed by atoms with Gasteiger partial charge in [-0.25, -0.2) is 0 Å². The van der Waals surface area contributed by atoms with Crippen molar-refractivity contribution in [2.24, 2.45) is 0 Å². The predicted molar refractivity (Wildman–Crippen MR) is 58.8 cm³/mol. The Hall–Kier alpha value is 0.943. The molecule has 3 heteroatoms. The third-order valence-electron chi connectivity index (χ3n) is 2.83. The number of halogens is 2. The van der Waals surface area contributed by atoms with Crippen LogP contribution in [0.25, 0.3) is 0 Å². The van der Waals surface area contributed by atoms with Crippen LogP contribution < -0.4 is 24.8 Å². The summed E-state index contributed by atoms with van der Waals surface area (Å²) in [6.07, 6.45) is 15.7. The Kier molecular flexibility index (Phi) is 14.9. The Morgan fingerprint density at radius 1 is 1.06 bits per heavy atom. The van der Waals surface area contributed by atoms with Crippen LogP contribution in [0.1, 0.15) is 58.3 Å². The Morgan fingerprint density at radius 2 is 1.69 bits per heavy atom. The normalized spacial score (nSPS) is 13.7. The van der Waals surface area contributed by atoms with Gasteiger partial charge in [-0.05, 0) is 0 Å². The molecule has 0 saturated heterocycles. The number of hydrogen-bond donors (Lipinski definition) is 0. The zero-order chi connectivity index (χ0) is 10.2. The maximum Gasteiger partial charge on any atom is -1.00 e. The number of unbranched alkanes of at least 4 members (excludes halogenated alkanes) is 5. The van der Waals surface area contributed by atoms with E-state index in [1.165, 1.54) is 51.4 Å². The molecule has 0 aromatic carbocycles. The smallest absolute Gasteiger partial charge is 1.00 e. The largest absolute Gasteiger partial charge is 1.00 e. The van der Waals surface area contributed by atoms with E-state index in [0.717, 1.165) is 0 Å². The van der Waals surface area contributed by atoms with Crippen LogP contribution in [0.3, 0.4) is 0 Å². The van der Waals surface area contributed by atoms with Crippen molar-refractivity contribution in [1.29, 1.82) is 0 Å². The molecule has 0 nitrogen and oxygen atoms in total. The van der Waals surface area contributed by atoms with Crippen molar-refractivity contribution < 1.29 is 49.5 Å². The second-order valence-electron chi connectivity index (χ2n) is 4.13. The molecule has 0 unspecified atom stereocenters. The number of rotatable bonds is 7. The van der Waals surface area contributed by atoms with Crippen molar-refractivity contribution in [3.05, 3.63) is 21.0 Å². The van der Waals surface area contributed by atoms with Gasteiger partial charge in [-0.15, -0.1) is 0 Å². The van der Waals surface area contributed by atoms with Gasteiger partial charge < -0.3 is 24.8 Å². The average molecular weight is 339 g/mol. The molecule has 0 aromatic heterocycles. The van der Waals surface area contributed by atoms with Crippen molar-refractivity contribution in [1.82, 2.24) is 0 Å². The van der Waals surface area contributed by atoms with E-state index in [1.807, 2.05) is 0 Å². The topological polar surface area (TPSA) is 0 Å². The summed E-state index contributed by atoms with van der Waals surface area (Å²) in [6, 6.07) is 0. The summed E-state index contributed by atoms with van der Waals surface area (Å²) < 4.78 is 1.69. The summed E-state index contributed by atoms with van der Waals surface area (Å²) in [5.41, 5.74) is 1.65. The minimum Gasteiger partial charge on any atom is -1.00 e. The van der Waals surface area contributed by atoms with E-state index < -0.39 is 0 Å². The van der Waals surface area contributed by atoms with Crippen LogP contribution in [-0.2, 0) is 24.7 Å². The molecule has 1 aliphatic rings. The minimum atomic E-state index is 0. The van der Waals surface area contributed by atoms with Gasteiger partial charge in [0.25, 0.3) is 0 Å². The van der Waals surface area contributed by atoms with Crippen molar-refractivity contribution in [3.63, 3.8) is 0 Å². The Balaban J connectivity index is 0. The molecule has 0 aliphatic heterocycles. The molecule has 91 valence electrons. The molecule has 0 amide bonds. The minimum absolute atomic E-state index is 0. The van der Waals surface area contributed by atoms with Crippen LogP contribution in [-0.4, -0.2) is 0 Å². The molecule has 0 fully saturated rings. The van der Waals surface area contributed by atoms with Gasteiger partial charge in [0.05, 0.1) is 0 Å². The van der Waals surface area contributed by atoms with Crippen molar-refractivity contribution >= 4 is 0 Å². The zero-order valence-electron chi connectivity index (χ0n) is 10.1. The molecular formula is C13H21Cl2Zr. The summed E-state index contributed by atoms with van der Waals surface area (Å²) in [5, 5.41) is 0. The Labute approximate surface area is 128 Å². The van der Waals surface area contributed by atoms with Gasteiger partial charge in [-0.3, -0.25) is 0 Å². The summed E-state index contributed by atoms with van der Waals surface area (Å²) in [6.45, 7) is 2.28. The monoisotopic (exact) mass is 337 g/mol. The first kappa shape index (κ1) is 19.3. The van der Waals surface area contributed by atoms with E-state index in [2.05, 4.69) is 19.1 Å². The summed E-state index contributed by atoms with van der Waals surface area (Å²) in [7, 11) is 0. The van der Waals surface area contributed by atoms with E-state index in [0.29, 0.717) is 0 Å². The first-order chi connectivity index (χ1) is 6.84. The molecule has 16 heavy (non-hydrogen) atoms. The quantitative estimate of drug-likeness (QED) is 0.496. The van der Waals surface area contributed by atoms with E-state index >= 15 is 0 Å². The van der Waals surface area contributed by atoms with Crippen LogP contribution in [0.4, 0.5) is 0 Å². The summed E-state index contributed by atoms with van der Waals surface area (Å²) >= 11 is 1.62. The van der Waals surface area contributed by atoms with E-state index in [4.69, 9.17) is 0 Å². The molecule has 0 atom stereocenters. The summed E-state index contributed by atoms with van der Waals surface area (Å²) in [4.78, 5) is 0. The molecule has 0 heterocycles.